The fraction of sp³-hybridized carbons (Fsp3) is 0.222. The van der Waals surface area contributed by atoms with Crippen molar-refractivity contribution >= 4 is 23.4 Å². The lowest BCUT2D eigenvalue weighted by Crippen LogP contribution is -2.45. The molecule has 0 saturated carbocycles. The minimum Gasteiger partial charge on any atom is -0.351 e. The molecule has 2 unspecified atom stereocenters. The first-order chi connectivity index (χ1) is 15.9. The Morgan fingerprint density at radius 2 is 1.55 bits per heavy atom. The number of carbonyl (C=O) groups excluding carboxylic acids is 3. The number of nitrogens with one attached hydrogen (secondary N) is 2. The molecule has 0 radical (unpaired) electrons. The summed E-state index contributed by atoms with van der Waals surface area (Å²) in [7, 11) is 1.70. The van der Waals surface area contributed by atoms with Gasteiger partial charge in [0, 0.05) is 19.2 Å². The smallest absolute Gasteiger partial charge is 0.253 e. The predicted octanol–water partition coefficient (Wildman–Crippen LogP) is 3.75. The number of carbonyl (C=O) groups is 3. The number of hydrogen-bond acceptors (Lipinski definition) is 3. The summed E-state index contributed by atoms with van der Waals surface area (Å²) in [6, 6.07) is 22.1. The van der Waals surface area contributed by atoms with Crippen LogP contribution >= 0.6 is 0 Å². The third kappa shape index (κ3) is 4.51. The van der Waals surface area contributed by atoms with Crippen molar-refractivity contribution in [1.29, 1.82) is 0 Å². The predicted molar refractivity (Wildman–Crippen MR) is 128 cm³/mol. The molecule has 0 bridgehead atoms. The van der Waals surface area contributed by atoms with Gasteiger partial charge in [0.25, 0.3) is 5.91 Å². The number of fused-ring (bicyclic) bond motifs is 3. The number of likely N-dealkylation sites (N-methyl/N-ethyl adjacent to an activating group) is 1. The van der Waals surface area contributed by atoms with Gasteiger partial charge >= 0.3 is 0 Å². The SMILES string of the molecule is Cc1ccc(CNC(=O)C(C)C(=O)NC2C(=O)N(C)c3ccccc3-c3ccccc32)cc1. The van der Waals surface area contributed by atoms with Gasteiger partial charge in [0.05, 0.1) is 5.69 Å². The van der Waals surface area contributed by atoms with E-state index in [1.807, 2.05) is 79.7 Å². The summed E-state index contributed by atoms with van der Waals surface area (Å²) in [4.78, 5) is 40.6. The summed E-state index contributed by atoms with van der Waals surface area (Å²) in [5.41, 5.74) is 5.37. The number of hydrogen-bond donors (Lipinski definition) is 2. The Balaban J connectivity index is 1.52. The van der Waals surface area contributed by atoms with Crippen LogP contribution in [0.5, 0.6) is 0 Å². The molecule has 3 aromatic carbocycles. The van der Waals surface area contributed by atoms with Gasteiger partial charge in [-0.2, -0.15) is 0 Å². The van der Waals surface area contributed by atoms with Crippen molar-refractivity contribution in [1.82, 2.24) is 10.6 Å². The number of benzene rings is 3. The van der Waals surface area contributed by atoms with Crippen molar-refractivity contribution in [2.24, 2.45) is 5.92 Å². The molecular weight excluding hydrogens is 414 g/mol. The van der Waals surface area contributed by atoms with Crippen LogP contribution in [0.15, 0.2) is 72.8 Å². The molecule has 2 N–H and O–H groups in total. The van der Waals surface area contributed by atoms with Crippen LogP contribution in [-0.4, -0.2) is 24.8 Å². The first kappa shape index (κ1) is 22.3. The highest BCUT2D eigenvalue weighted by Gasteiger charge is 2.34. The zero-order valence-electron chi connectivity index (χ0n) is 19.0. The van der Waals surface area contributed by atoms with Crippen LogP contribution < -0.4 is 15.5 Å². The first-order valence-corrected chi connectivity index (χ1v) is 11.0. The van der Waals surface area contributed by atoms with Gasteiger partial charge in [0.15, 0.2) is 0 Å². The van der Waals surface area contributed by atoms with Crippen LogP contribution in [0.3, 0.4) is 0 Å². The average molecular weight is 442 g/mol. The maximum absolute atomic E-state index is 13.3. The zero-order chi connectivity index (χ0) is 23.5. The summed E-state index contributed by atoms with van der Waals surface area (Å²) in [6.45, 7) is 3.88. The Kier molecular flexibility index (Phi) is 6.27. The molecule has 0 aromatic heterocycles. The van der Waals surface area contributed by atoms with Gasteiger partial charge in [-0.25, -0.2) is 0 Å². The monoisotopic (exact) mass is 441 g/mol. The quantitative estimate of drug-likeness (QED) is 0.592. The molecule has 3 aromatic rings. The van der Waals surface area contributed by atoms with Crippen molar-refractivity contribution in [3.05, 3.63) is 89.5 Å². The maximum Gasteiger partial charge on any atom is 0.253 e. The van der Waals surface area contributed by atoms with Crippen molar-refractivity contribution in [3.8, 4) is 11.1 Å². The van der Waals surface area contributed by atoms with E-state index < -0.39 is 17.9 Å². The van der Waals surface area contributed by atoms with Crippen LogP contribution in [0.25, 0.3) is 11.1 Å². The lowest BCUT2D eigenvalue weighted by molar-refractivity contribution is -0.136. The number of para-hydroxylation sites is 1. The lowest BCUT2D eigenvalue weighted by Gasteiger charge is -2.24. The third-order valence-electron chi connectivity index (χ3n) is 6.07. The molecule has 2 atom stereocenters. The molecular formula is C27H27N3O3. The Morgan fingerprint density at radius 3 is 2.27 bits per heavy atom. The molecule has 0 aliphatic carbocycles. The normalized spacial score (nSPS) is 15.7. The van der Waals surface area contributed by atoms with E-state index >= 15 is 0 Å². The fourth-order valence-corrected chi connectivity index (χ4v) is 4.01. The average Bonchev–Trinajstić information content (AvgIpc) is 2.93. The van der Waals surface area contributed by atoms with Gasteiger partial charge in [0.1, 0.15) is 12.0 Å². The summed E-state index contributed by atoms with van der Waals surface area (Å²) in [6.07, 6.45) is 0. The minimum atomic E-state index is -0.952. The van der Waals surface area contributed by atoms with Gasteiger partial charge in [-0.05, 0) is 36.6 Å². The number of anilines is 1. The minimum absolute atomic E-state index is 0.256. The van der Waals surface area contributed by atoms with E-state index in [1.165, 1.54) is 0 Å². The van der Waals surface area contributed by atoms with Gasteiger partial charge in [-0.15, -0.1) is 0 Å². The number of nitrogens with zero attached hydrogens (tertiary/aromatic N) is 1. The first-order valence-electron chi connectivity index (χ1n) is 11.0. The van der Waals surface area contributed by atoms with Crippen molar-refractivity contribution in [2.75, 3.05) is 11.9 Å². The van der Waals surface area contributed by atoms with Gasteiger partial charge in [-0.3, -0.25) is 14.4 Å². The van der Waals surface area contributed by atoms with Crippen LogP contribution in [0.4, 0.5) is 5.69 Å². The van der Waals surface area contributed by atoms with Gasteiger partial charge < -0.3 is 15.5 Å². The van der Waals surface area contributed by atoms with Crippen molar-refractivity contribution in [2.45, 2.75) is 26.4 Å². The molecule has 6 heteroatoms. The van der Waals surface area contributed by atoms with Crippen LogP contribution in [0, 0.1) is 12.8 Å². The van der Waals surface area contributed by atoms with Gasteiger partial charge in [0.2, 0.25) is 11.8 Å². The second kappa shape index (κ2) is 9.28. The summed E-state index contributed by atoms with van der Waals surface area (Å²) < 4.78 is 0. The highest BCUT2D eigenvalue weighted by atomic mass is 16.2. The second-order valence-electron chi connectivity index (χ2n) is 8.37. The lowest BCUT2D eigenvalue weighted by atomic mass is 9.95. The topological polar surface area (TPSA) is 78.5 Å². The molecule has 1 aliphatic rings. The van der Waals surface area contributed by atoms with Crippen molar-refractivity contribution < 1.29 is 14.4 Å². The summed E-state index contributed by atoms with van der Waals surface area (Å²) in [5, 5.41) is 5.63. The molecule has 6 nitrogen and oxygen atoms in total. The van der Waals surface area contributed by atoms with Crippen LogP contribution in [0.1, 0.15) is 29.7 Å². The molecule has 3 amide bonds. The highest BCUT2D eigenvalue weighted by molar-refractivity contribution is 6.07. The standard InChI is InChI=1S/C27H27N3O3/c1-17-12-14-19(15-13-17)16-28-25(31)18(2)26(32)29-24-22-10-5-4-8-20(22)21-9-6-7-11-23(21)30(3)27(24)33/h4-15,18,24H,16H2,1-3H3,(H,28,31)(H,29,32). The molecule has 168 valence electrons. The number of rotatable bonds is 5. The molecule has 1 aliphatic heterocycles. The number of aryl methyl sites for hydroxylation is 1. The van der Waals surface area contributed by atoms with E-state index in [2.05, 4.69) is 10.6 Å². The van der Waals surface area contributed by atoms with E-state index in [0.29, 0.717) is 12.1 Å². The maximum atomic E-state index is 13.3. The zero-order valence-corrected chi connectivity index (χ0v) is 19.0. The number of amides is 3. The van der Waals surface area contributed by atoms with E-state index in [0.717, 1.165) is 27.9 Å². The van der Waals surface area contributed by atoms with E-state index in [9.17, 15) is 14.4 Å². The van der Waals surface area contributed by atoms with E-state index in [1.54, 1.807) is 18.9 Å². The Bertz CT molecular complexity index is 1200. The Morgan fingerprint density at radius 1 is 0.909 bits per heavy atom. The molecule has 4 rings (SSSR count). The summed E-state index contributed by atoms with van der Waals surface area (Å²) in [5.74, 6) is -2.10. The highest BCUT2D eigenvalue weighted by Crippen LogP contribution is 2.39. The van der Waals surface area contributed by atoms with Crippen LogP contribution in [-0.2, 0) is 20.9 Å². The van der Waals surface area contributed by atoms with E-state index in [-0.39, 0.29) is 11.8 Å². The molecule has 33 heavy (non-hydrogen) atoms. The summed E-state index contributed by atoms with van der Waals surface area (Å²) >= 11 is 0. The van der Waals surface area contributed by atoms with Crippen LogP contribution in [0.2, 0.25) is 0 Å². The molecule has 0 spiro atoms. The Labute approximate surface area is 193 Å². The second-order valence-corrected chi connectivity index (χ2v) is 8.37. The van der Waals surface area contributed by atoms with Crippen molar-refractivity contribution in [3.63, 3.8) is 0 Å². The molecule has 1 heterocycles. The third-order valence-corrected chi connectivity index (χ3v) is 6.07. The fourth-order valence-electron chi connectivity index (χ4n) is 4.01. The largest absolute Gasteiger partial charge is 0.351 e. The van der Waals surface area contributed by atoms with Gasteiger partial charge in [-0.1, -0.05) is 72.3 Å². The molecule has 0 fully saturated rings. The molecule has 0 saturated heterocycles. The van der Waals surface area contributed by atoms with E-state index in [4.69, 9.17) is 0 Å². The Hall–Kier alpha value is -3.93.